The number of allylic oxidation sites excluding steroid dienone is 1. The van der Waals surface area contributed by atoms with Crippen LogP contribution in [0.3, 0.4) is 0 Å². The molecule has 2 fully saturated rings. The van der Waals surface area contributed by atoms with Gasteiger partial charge in [-0.05, 0) is 55.4 Å². The number of aliphatic hydroxyl groups excluding tert-OH is 1. The number of likely N-dealkylation sites (tertiary alicyclic amines) is 1. The molecule has 2 heterocycles. The maximum atomic E-state index is 14.1. The van der Waals surface area contributed by atoms with E-state index in [1.165, 1.54) is 12.7 Å². The summed E-state index contributed by atoms with van der Waals surface area (Å²) in [4.78, 5) is 61.9. The van der Waals surface area contributed by atoms with Crippen LogP contribution in [-0.2, 0) is 27.2 Å². The Labute approximate surface area is 290 Å². The SMILES string of the molecule is C=C[C@@H](C[C@H](O)[C@H](CC1CCCCC1)NC(=O)[C@H](Cc1c[nH]cn1)NC(=O)C(CC(=O)[C@@H]1CCCN1C(=O)O)Cc1ccccc1)C(C)C. The Morgan fingerprint density at radius 2 is 1.76 bits per heavy atom. The number of carboxylic acid groups (broad SMARTS) is 1. The van der Waals surface area contributed by atoms with Crippen molar-refractivity contribution in [3.05, 3.63) is 66.8 Å². The molecule has 0 bridgehead atoms. The topological polar surface area (TPSA) is 165 Å². The molecule has 2 aromatic rings. The molecular weight excluding hydrogens is 622 g/mol. The van der Waals surface area contributed by atoms with Gasteiger partial charge in [0.2, 0.25) is 11.8 Å². The van der Waals surface area contributed by atoms with Gasteiger partial charge in [-0.25, -0.2) is 9.78 Å². The van der Waals surface area contributed by atoms with Crippen LogP contribution in [0.15, 0.2) is 55.5 Å². The summed E-state index contributed by atoms with van der Waals surface area (Å²) in [5, 5.41) is 27.2. The van der Waals surface area contributed by atoms with Crippen molar-refractivity contribution in [2.24, 2.45) is 23.7 Å². The lowest BCUT2D eigenvalue weighted by Gasteiger charge is -2.33. The van der Waals surface area contributed by atoms with Crippen LogP contribution < -0.4 is 10.6 Å². The van der Waals surface area contributed by atoms with Gasteiger partial charge in [-0.1, -0.05) is 82.4 Å². The molecule has 4 rings (SSSR count). The number of amides is 3. The third kappa shape index (κ3) is 11.3. The number of carbonyl (C=O) groups excluding carboxylic acids is 3. The Balaban J connectivity index is 1.56. The molecule has 11 nitrogen and oxygen atoms in total. The standard InChI is InChI=1S/C38H55N5O6/c1-4-28(25(2)3)20-34(44)31(19-27-14-9-6-10-15-27)41-37(47)32(22-30-23-39-24-40-30)42-36(46)29(18-26-12-7-5-8-13-26)21-35(45)33-16-11-17-43(33)38(48)49/h4-5,7-8,12-13,23-25,27-29,31-34,44H,1,6,9-11,14-22H2,2-3H3,(H,39,40)(H,41,47)(H,42,46)(H,48,49)/t28-,29?,31-,32-,33-,34-/m0/s1. The summed E-state index contributed by atoms with van der Waals surface area (Å²) in [7, 11) is 0. The van der Waals surface area contributed by atoms with Crippen molar-refractivity contribution in [1.29, 1.82) is 0 Å². The number of hydrogen-bond donors (Lipinski definition) is 5. The van der Waals surface area contributed by atoms with Gasteiger partial charge in [-0.15, -0.1) is 6.58 Å². The Morgan fingerprint density at radius 3 is 2.39 bits per heavy atom. The van der Waals surface area contributed by atoms with Crippen molar-refractivity contribution in [1.82, 2.24) is 25.5 Å². The molecular formula is C38H55N5O6. The van der Waals surface area contributed by atoms with Gasteiger partial charge in [0.25, 0.3) is 0 Å². The van der Waals surface area contributed by atoms with Gasteiger partial charge in [0, 0.05) is 31.5 Å². The fourth-order valence-electron chi connectivity index (χ4n) is 7.44. The van der Waals surface area contributed by atoms with E-state index < -0.39 is 48.1 Å². The van der Waals surface area contributed by atoms with E-state index in [1.54, 1.807) is 6.20 Å². The number of H-pyrrole nitrogens is 1. The number of benzene rings is 1. The van der Waals surface area contributed by atoms with Crippen molar-refractivity contribution in [3.63, 3.8) is 0 Å². The smallest absolute Gasteiger partial charge is 0.407 e. The number of aliphatic hydroxyl groups is 1. The minimum atomic E-state index is -1.14. The van der Waals surface area contributed by atoms with E-state index in [2.05, 4.69) is 41.0 Å². The van der Waals surface area contributed by atoms with Gasteiger partial charge >= 0.3 is 6.09 Å². The fourth-order valence-corrected chi connectivity index (χ4v) is 7.44. The maximum absolute atomic E-state index is 14.1. The van der Waals surface area contributed by atoms with E-state index in [9.17, 15) is 29.4 Å². The third-order valence-electron chi connectivity index (χ3n) is 10.4. The van der Waals surface area contributed by atoms with Crippen LogP contribution >= 0.6 is 0 Å². The number of aromatic nitrogens is 2. The number of rotatable bonds is 18. The van der Waals surface area contributed by atoms with Crippen LogP contribution in [0.5, 0.6) is 0 Å². The molecule has 1 aliphatic heterocycles. The van der Waals surface area contributed by atoms with Gasteiger partial charge < -0.3 is 25.8 Å². The summed E-state index contributed by atoms with van der Waals surface area (Å²) in [6.45, 7) is 8.43. The van der Waals surface area contributed by atoms with Gasteiger partial charge in [0.1, 0.15) is 6.04 Å². The summed E-state index contributed by atoms with van der Waals surface area (Å²) in [5.41, 5.74) is 1.43. The average molecular weight is 678 g/mol. The summed E-state index contributed by atoms with van der Waals surface area (Å²) < 4.78 is 0. The van der Waals surface area contributed by atoms with Gasteiger partial charge in [0.15, 0.2) is 5.78 Å². The van der Waals surface area contributed by atoms with Crippen LogP contribution in [0.4, 0.5) is 4.79 Å². The zero-order valence-corrected chi connectivity index (χ0v) is 29.1. The quantitative estimate of drug-likeness (QED) is 0.138. The predicted molar refractivity (Wildman–Crippen MR) is 188 cm³/mol. The van der Waals surface area contributed by atoms with Crippen LogP contribution in [0, 0.1) is 23.7 Å². The molecule has 268 valence electrons. The predicted octanol–water partition coefficient (Wildman–Crippen LogP) is 5.06. The highest BCUT2D eigenvalue weighted by atomic mass is 16.4. The molecule has 1 aliphatic carbocycles. The lowest BCUT2D eigenvalue weighted by molar-refractivity contribution is -0.134. The Kier molecular flexibility index (Phi) is 14.4. The summed E-state index contributed by atoms with van der Waals surface area (Å²) >= 11 is 0. The van der Waals surface area contributed by atoms with Crippen molar-refractivity contribution >= 4 is 23.7 Å². The normalized spacial score (nSPS) is 19.8. The summed E-state index contributed by atoms with van der Waals surface area (Å²) in [5.74, 6) is -1.28. The highest BCUT2D eigenvalue weighted by molar-refractivity contribution is 5.94. The lowest BCUT2D eigenvalue weighted by atomic mass is 9.81. The van der Waals surface area contributed by atoms with Crippen molar-refractivity contribution < 1.29 is 29.4 Å². The van der Waals surface area contributed by atoms with Crippen molar-refractivity contribution in [2.45, 2.75) is 115 Å². The minimum Gasteiger partial charge on any atom is -0.465 e. The second kappa shape index (κ2) is 18.7. The molecule has 6 atom stereocenters. The molecule has 3 amide bonds. The van der Waals surface area contributed by atoms with Gasteiger partial charge in [-0.3, -0.25) is 19.3 Å². The molecule has 1 aromatic carbocycles. The number of carbonyl (C=O) groups is 4. The van der Waals surface area contributed by atoms with Crippen LogP contribution in [-0.4, -0.2) is 79.5 Å². The monoisotopic (exact) mass is 677 g/mol. The van der Waals surface area contributed by atoms with Crippen LogP contribution in [0.2, 0.25) is 0 Å². The zero-order valence-electron chi connectivity index (χ0n) is 29.1. The van der Waals surface area contributed by atoms with Gasteiger partial charge in [0.05, 0.1) is 30.2 Å². The first-order valence-corrected chi connectivity index (χ1v) is 18.0. The van der Waals surface area contributed by atoms with Crippen molar-refractivity contribution in [2.75, 3.05) is 6.54 Å². The zero-order chi connectivity index (χ0) is 35.3. The highest BCUT2D eigenvalue weighted by Crippen LogP contribution is 2.30. The first-order chi connectivity index (χ1) is 23.5. The van der Waals surface area contributed by atoms with E-state index in [0.29, 0.717) is 37.3 Å². The number of imidazole rings is 1. The molecule has 1 aromatic heterocycles. The van der Waals surface area contributed by atoms with Crippen LogP contribution in [0.1, 0.15) is 89.3 Å². The summed E-state index contributed by atoms with van der Waals surface area (Å²) in [6, 6.07) is 7.01. The fraction of sp³-hybridized carbons (Fsp3) is 0.605. The Morgan fingerprint density at radius 1 is 1.02 bits per heavy atom. The first-order valence-electron chi connectivity index (χ1n) is 18.0. The van der Waals surface area contributed by atoms with E-state index in [1.807, 2.05) is 36.4 Å². The maximum Gasteiger partial charge on any atom is 0.407 e. The number of nitrogens with one attached hydrogen (secondary N) is 3. The molecule has 49 heavy (non-hydrogen) atoms. The summed E-state index contributed by atoms with van der Waals surface area (Å²) in [6.07, 6.45) is 11.0. The molecule has 0 radical (unpaired) electrons. The van der Waals surface area contributed by atoms with E-state index in [4.69, 9.17) is 0 Å². The molecule has 0 spiro atoms. The molecule has 11 heteroatoms. The van der Waals surface area contributed by atoms with Crippen molar-refractivity contribution in [3.8, 4) is 0 Å². The Bertz CT molecular complexity index is 1360. The third-order valence-corrected chi connectivity index (χ3v) is 10.4. The largest absolute Gasteiger partial charge is 0.465 e. The van der Waals surface area contributed by atoms with E-state index in [-0.39, 0.29) is 43.4 Å². The highest BCUT2D eigenvalue weighted by Gasteiger charge is 2.37. The van der Waals surface area contributed by atoms with E-state index in [0.717, 1.165) is 36.1 Å². The number of aromatic amines is 1. The first kappa shape index (κ1) is 37.8. The van der Waals surface area contributed by atoms with E-state index >= 15 is 0 Å². The molecule has 1 saturated carbocycles. The number of nitrogens with zero attached hydrogens (tertiary/aromatic N) is 2. The number of ketones is 1. The molecule has 2 aliphatic rings. The Hall–Kier alpha value is -3.99. The van der Waals surface area contributed by atoms with Gasteiger partial charge in [-0.2, -0.15) is 0 Å². The average Bonchev–Trinajstić information content (AvgIpc) is 3.80. The molecule has 1 saturated heterocycles. The number of Topliss-reactive ketones (excluding diaryl/α,β-unsaturated/α-hetero) is 1. The minimum absolute atomic E-state index is 0.0773. The second-order valence-electron chi connectivity index (χ2n) is 14.3. The number of hydrogen-bond acceptors (Lipinski definition) is 6. The van der Waals surface area contributed by atoms with Crippen LogP contribution in [0.25, 0.3) is 0 Å². The molecule has 5 N–H and O–H groups in total. The lowest BCUT2D eigenvalue weighted by Crippen LogP contribution is -2.55. The molecule has 1 unspecified atom stereocenters. The second-order valence-corrected chi connectivity index (χ2v) is 14.3.